The standard InChI is InChI=1S/C12H17NO/c1-3-10(2)9-14-12-7-5-4-6-11(12)8-13/h4-7H,2-3,8-9,13H2,1H3. The summed E-state index contributed by atoms with van der Waals surface area (Å²) in [5.74, 6) is 0.865. The SMILES string of the molecule is C=C(CC)COc1ccccc1CN. The molecule has 0 saturated heterocycles. The van der Waals surface area contributed by atoms with Crippen LogP contribution in [0.4, 0.5) is 0 Å². The predicted octanol–water partition coefficient (Wildman–Crippen LogP) is 2.49. The maximum absolute atomic E-state index is 5.60. The van der Waals surface area contributed by atoms with E-state index in [4.69, 9.17) is 10.5 Å². The van der Waals surface area contributed by atoms with Crippen molar-refractivity contribution in [2.24, 2.45) is 5.73 Å². The Morgan fingerprint density at radius 1 is 1.43 bits per heavy atom. The molecule has 0 unspecified atom stereocenters. The molecule has 0 spiro atoms. The third-order valence-electron chi connectivity index (χ3n) is 2.12. The van der Waals surface area contributed by atoms with Gasteiger partial charge in [-0.05, 0) is 18.1 Å². The highest BCUT2D eigenvalue weighted by atomic mass is 16.5. The second-order valence-corrected chi connectivity index (χ2v) is 3.20. The lowest BCUT2D eigenvalue weighted by molar-refractivity contribution is 0.345. The molecule has 0 aromatic heterocycles. The molecule has 76 valence electrons. The van der Waals surface area contributed by atoms with E-state index in [9.17, 15) is 0 Å². The summed E-state index contributed by atoms with van der Waals surface area (Å²) < 4.78 is 5.60. The first kappa shape index (κ1) is 10.8. The first-order valence-corrected chi connectivity index (χ1v) is 4.85. The molecule has 0 aliphatic heterocycles. The van der Waals surface area contributed by atoms with Crippen LogP contribution in [0.5, 0.6) is 5.75 Å². The minimum absolute atomic E-state index is 0.509. The molecule has 1 rings (SSSR count). The van der Waals surface area contributed by atoms with Gasteiger partial charge in [-0.25, -0.2) is 0 Å². The van der Waals surface area contributed by atoms with Gasteiger partial charge in [0, 0.05) is 12.1 Å². The summed E-state index contributed by atoms with van der Waals surface area (Å²) >= 11 is 0. The third kappa shape index (κ3) is 2.89. The zero-order valence-electron chi connectivity index (χ0n) is 8.62. The van der Waals surface area contributed by atoms with E-state index in [-0.39, 0.29) is 0 Å². The van der Waals surface area contributed by atoms with Crippen molar-refractivity contribution < 1.29 is 4.74 Å². The average molecular weight is 191 g/mol. The van der Waals surface area contributed by atoms with Crippen LogP contribution in [-0.4, -0.2) is 6.61 Å². The fourth-order valence-corrected chi connectivity index (χ4v) is 1.10. The molecule has 2 N–H and O–H groups in total. The van der Waals surface area contributed by atoms with E-state index >= 15 is 0 Å². The minimum Gasteiger partial charge on any atom is -0.489 e. The van der Waals surface area contributed by atoms with Gasteiger partial charge in [-0.1, -0.05) is 31.7 Å². The van der Waals surface area contributed by atoms with E-state index in [0.29, 0.717) is 13.2 Å². The van der Waals surface area contributed by atoms with Crippen molar-refractivity contribution in [1.29, 1.82) is 0 Å². The molecule has 0 atom stereocenters. The second-order valence-electron chi connectivity index (χ2n) is 3.20. The number of rotatable bonds is 5. The van der Waals surface area contributed by atoms with Crippen molar-refractivity contribution in [1.82, 2.24) is 0 Å². The lowest BCUT2D eigenvalue weighted by Gasteiger charge is -2.10. The molecule has 0 fully saturated rings. The van der Waals surface area contributed by atoms with Crippen molar-refractivity contribution in [3.63, 3.8) is 0 Å². The fraction of sp³-hybridized carbons (Fsp3) is 0.333. The zero-order valence-corrected chi connectivity index (χ0v) is 8.62. The highest BCUT2D eigenvalue weighted by molar-refractivity contribution is 5.33. The summed E-state index contributed by atoms with van der Waals surface area (Å²) in [6.07, 6.45) is 0.949. The highest BCUT2D eigenvalue weighted by Gasteiger charge is 2.00. The molecule has 1 aromatic carbocycles. The maximum Gasteiger partial charge on any atom is 0.124 e. The summed E-state index contributed by atoms with van der Waals surface area (Å²) in [6.45, 7) is 7.04. The number of hydrogen-bond donors (Lipinski definition) is 1. The van der Waals surface area contributed by atoms with Gasteiger partial charge in [0.05, 0.1) is 0 Å². The van der Waals surface area contributed by atoms with Crippen LogP contribution < -0.4 is 10.5 Å². The van der Waals surface area contributed by atoms with Gasteiger partial charge in [0.25, 0.3) is 0 Å². The predicted molar refractivity (Wildman–Crippen MR) is 59.3 cm³/mol. The van der Waals surface area contributed by atoms with Crippen LogP contribution in [0.2, 0.25) is 0 Å². The summed E-state index contributed by atoms with van der Waals surface area (Å²) in [6, 6.07) is 7.82. The molecular weight excluding hydrogens is 174 g/mol. The van der Waals surface area contributed by atoms with Gasteiger partial charge in [-0.15, -0.1) is 0 Å². The molecule has 1 aromatic rings. The monoisotopic (exact) mass is 191 g/mol. The summed E-state index contributed by atoms with van der Waals surface area (Å²) in [5, 5.41) is 0. The normalized spacial score (nSPS) is 9.86. The quantitative estimate of drug-likeness (QED) is 0.726. The number of ether oxygens (including phenoxy) is 1. The fourth-order valence-electron chi connectivity index (χ4n) is 1.10. The second kappa shape index (κ2) is 5.45. The Morgan fingerprint density at radius 2 is 2.14 bits per heavy atom. The smallest absolute Gasteiger partial charge is 0.124 e. The number of para-hydroxylation sites is 1. The first-order chi connectivity index (χ1) is 6.77. The molecule has 0 saturated carbocycles. The van der Waals surface area contributed by atoms with E-state index in [0.717, 1.165) is 23.3 Å². The van der Waals surface area contributed by atoms with Gasteiger partial charge >= 0.3 is 0 Å². The highest BCUT2D eigenvalue weighted by Crippen LogP contribution is 2.17. The van der Waals surface area contributed by atoms with E-state index in [2.05, 4.69) is 13.5 Å². The number of benzene rings is 1. The van der Waals surface area contributed by atoms with Gasteiger partial charge in [0.1, 0.15) is 12.4 Å². The Morgan fingerprint density at radius 3 is 2.79 bits per heavy atom. The van der Waals surface area contributed by atoms with Gasteiger partial charge in [-0.2, -0.15) is 0 Å². The van der Waals surface area contributed by atoms with Crippen LogP contribution in [0.3, 0.4) is 0 Å². The molecular formula is C12H17NO. The van der Waals surface area contributed by atoms with Crippen molar-refractivity contribution >= 4 is 0 Å². The Hall–Kier alpha value is -1.28. The van der Waals surface area contributed by atoms with Crippen molar-refractivity contribution in [2.45, 2.75) is 19.9 Å². The molecule has 0 radical (unpaired) electrons. The molecule has 2 nitrogen and oxygen atoms in total. The molecule has 0 aliphatic rings. The number of nitrogens with two attached hydrogens (primary N) is 1. The van der Waals surface area contributed by atoms with Crippen molar-refractivity contribution in [3.8, 4) is 5.75 Å². The van der Waals surface area contributed by atoms with Crippen LogP contribution in [0.25, 0.3) is 0 Å². The first-order valence-electron chi connectivity index (χ1n) is 4.85. The van der Waals surface area contributed by atoms with Crippen molar-refractivity contribution in [3.05, 3.63) is 42.0 Å². The van der Waals surface area contributed by atoms with Crippen LogP contribution >= 0.6 is 0 Å². The lowest BCUT2D eigenvalue weighted by Crippen LogP contribution is -2.04. The minimum atomic E-state index is 0.509. The number of hydrogen-bond acceptors (Lipinski definition) is 2. The van der Waals surface area contributed by atoms with E-state index < -0.39 is 0 Å². The molecule has 2 heteroatoms. The van der Waals surface area contributed by atoms with Crippen molar-refractivity contribution in [2.75, 3.05) is 6.61 Å². The Bertz CT molecular complexity index is 307. The van der Waals surface area contributed by atoms with Crippen LogP contribution in [0.15, 0.2) is 36.4 Å². The molecule has 0 amide bonds. The van der Waals surface area contributed by atoms with Gasteiger partial charge in [0.15, 0.2) is 0 Å². The zero-order chi connectivity index (χ0) is 10.4. The van der Waals surface area contributed by atoms with Crippen LogP contribution in [0, 0.1) is 0 Å². The molecule has 0 aliphatic carbocycles. The Labute approximate surface area is 85.4 Å². The Kier molecular flexibility index (Phi) is 4.20. The van der Waals surface area contributed by atoms with E-state index in [1.165, 1.54) is 0 Å². The molecule has 14 heavy (non-hydrogen) atoms. The lowest BCUT2D eigenvalue weighted by atomic mass is 10.2. The molecule has 0 bridgehead atoms. The largest absolute Gasteiger partial charge is 0.489 e. The van der Waals surface area contributed by atoms with Crippen LogP contribution in [-0.2, 0) is 6.54 Å². The van der Waals surface area contributed by atoms with E-state index in [1.54, 1.807) is 0 Å². The van der Waals surface area contributed by atoms with Gasteiger partial charge in [0.2, 0.25) is 0 Å². The topological polar surface area (TPSA) is 35.2 Å². The maximum atomic E-state index is 5.60. The summed E-state index contributed by atoms with van der Waals surface area (Å²) in [4.78, 5) is 0. The molecule has 0 heterocycles. The summed E-state index contributed by atoms with van der Waals surface area (Å²) in [7, 11) is 0. The third-order valence-corrected chi connectivity index (χ3v) is 2.12. The van der Waals surface area contributed by atoms with Gasteiger partial charge in [-0.3, -0.25) is 0 Å². The van der Waals surface area contributed by atoms with Gasteiger partial charge < -0.3 is 10.5 Å². The van der Waals surface area contributed by atoms with Crippen LogP contribution in [0.1, 0.15) is 18.9 Å². The van der Waals surface area contributed by atoms with E-state index in [1.807, 2.05) is 24.3 Å². The Balaban J connectivity index is 2.61. The summed E-state index contributed by atoms with van der Waals surface area (Å²) in [5.41, 5.74) is 7.72. The average Bonchev–Trinajstić information content (AvgIpc) is 2.26.